The highest BCUT2D eigenvalue weighted by molar-refractivity contribution is 4.56. The van der Waals surface area contributed by atoms with Crippen LogP contribution in [-0.4, -0.2) is 10.2 Å². The number of hydrogen-bond acceptors (Lipinski definition) is 2. The van der Waals surface area contributed by atoms with Gasteiger partial charge in [-0.1, -0.05) is 0 Å². The van der Waals surface area contributed by atoms with Crippen molar-refractivity contribution in [1.82, 2.24) is 10.2 Å². The van der Waals surface area contributed by atoms with Gasteiger partial charge in [-0.05, 0) is 25.9 Å². The first-order valence-electron chi connectivity index (χ1n) is 3.29. The molecule has 1 rings (SSSR count). The zero-order chi connectivity index (χ0) is 7.61. The lowest BCUT2D eigenvalue weighted by atomic mass is 10.1. The van der Waals surface area contributed by atoms with Crippen LogP contribution in [-0.2, 0) is 5.54 Å². The van der Waals surface area contributed by atoms with Gasteiger partial charge in [-0.3, -0.25) is 0 Å². The predicted octanol–water partition coefficient (Wildman–Crippen LogP) is 0.519. The Morgan fingerprint density at radius 2 is 1.90 bits per heavy atom. The fourth-order valence-electron chi connectivity index (χ4n) is 0.661. The zero-order valence-corrected chi connectivity index (χ0v) is 6.57. The average molecular weight is 138 g/mol. The van der Waals surface area contributed by atoms with Crippen LogP contribution in [0.4, 0.5) is 0 Å². The molecule has 1 aromatic rings. The second kappa shape index (κ2) is 2.33. The largest absolute Gasteiger partial charge is 0.314 e. The molecule has 3 nitrogen and oxygen atoms in total. The van der Waals surface area contributed by atoms with E-state index >= 15 is 0 Å². The van der Waals surface area contributed by atoms with Gasteiger partial charge in [0.2, 0.25) is 0 Å². The SMILES string of the molecule is CC(C)(C)[n+]1ccnnc1. The second-order valence-electron chi connectivity index (χ2n) is 3.22. The van der Waals surface area contributed by atoms with Crippen molar-refractivity contribution < 1.29 is 4.57 Å². The Morgan fingerprint density at radius 3 is 2.20 bits per heavy atom. The van der Waals surface area contributed by atoms with E-state index in [-0.39, 0.29) is 5.54 Å². The summed E-state index contributed by atoms with van der Waals surface area (Å²) in [6.07, 6.45) is 5.32. The average Bonchev–Trinajstić information content (AvgIpc) is 1.88. The van der Waals surface area contributed by atoms with Crippen molar-refractivity contribution in [3.63, 3.8) is 0 Å². The van der Waals surface area contributed by atoms with E-state index in [1.165, 1.54) is 0 Å². The van der Waals surface area contributed by atoms with E-state index in [9.17, 15) is 0 Å². The van der Waals surface area contributed by atoms with E-state index in [0.717, 1.165) is 0 Å². The van der Waals surface area contributed by atoms with Crippen molar-refractivity contribution in [2.75, 3.05) is 0 Å². The van der Waals surface area contributed by atoms with Crippen LogP contribution >= 0.6 is 0 Å². The minimum Gasteiger partial charge on any atom is -0.229 e. The topological polar surface area (TPSA) is 29.7 Å². The van der Waals surface area contributed by atoms with Crippen LogP contribution in [0, 0.1) is 0 Å². The maximum Gasteiger partial charge on any atom is 0.314 e. The molecule has 0 spiro atoms. The normalized spacial score (nSPS) is 11.5. The van der Waals surface area contributed by atoms with E-state index in [1.807, 2.05) is 10.8 Å². The van der Waals surface area contributed by atoms with Crippen LogP contribution in [0.5, 0.6) is 0 Å². The Morgan fingerprint density at radius 1 is 1.20 bits per heavy atom. The highest BCUT2D eigenvalue weighted by Gasteiger charge is 2.16. The van der Waals surface area contributed by atoms with Crippen LogP contribution in [0.3, 0.4) is 0 Å². The van der Waals surface area contributed by atoms with Gasteiger partial charge in [-0.25, -0.2) is 4.57 Å². The lowest BCUT2D eigenvalue weighted by Gasteiger charge is -2.14. The molecule has 0 fully saturated rings. The molecule has 0 bridgehead atoms. The molecule has 0 atom stereocenters. The first-order chi connectivity index (χ1) is 4.61. The molecule has 0 unspecified atom stereocenters. The number of rotatable bonds is 0. The lowest BCUT2D eigenvalue weighted by molar-refractivity contribution is -0.757. The molecule has 54 valence electrons. The van der Waals surface area contributed by atoms with Crippen molar-refractivity contribution >= 4 is 0 Å². The van der Waals surface area contributed by atoms with Crippen molar-refractivity contribution in [1.29, 1.82) is 0 Å². The minimum atomic E-state index is 0.107. The summed E-state index contributed by atoms with van der Waals surface area (Å²) in [5, 5.41) is 7.45. The number of aromatic nitrogens is 3. The van der Waals surface area contributed by atoms with Crippen molar-refractivity contribution in [3.8, 4) is 0 Å². The third-order valence-electron chi connectivity index (χ3n) is 1.31. The molecular formula is C7H12N3+. The predicted molar refractivity (Wildman–Crippen MR) is 37.2 cm³/mol. The van der Waals surface area contributed by atoms with E-state index in [2.05, 4.69) is 31.0 Å². The molecule has 0 saturated carbocycles. The molecule has 0 saturated heterocycles. The fraction of sp³-hybridized carbons (Fsp3) is 0.571. The van der Waals surface area contributed by atoms with Gasteiger partial charge < -0.3 is 0 Å². The molecule has 0 aliphatic heterocycles. The summed E-state index contributed by atoms with van der Waals surface area (Å²) >= 11 is 0. The maximum atomic E-state index is 3.76. The molecule has 0 aliphatic rings. The van der Waals surface area contributed by atoms with Gasteiger partial charge in [0.05, 0.1) is 5.10 Å². The summed E-state index contributed by atoms with van der Waals surface area (Å²) in [6, 6.07) is 0. The van der Waals surface area contributed by atoms with Crippen LogP contribution in [0.2, 0.25) is 0 Å². The second-order valence-corrected chi connectivity index (χ2v) is 3.22. The Kier molecular flexibility index (Phi) is 1.66. The molecule has 3 heteroatoms. The molecule has 1 aromatic heterocycles. The van der Waals surface area contributed by atoms with Gasteiger partial charge in [-0.2, -0.15) is 0 Å². The quantitative estimate of drug-likeness (QED) is 0.489. The fourth-order valence-corrected chi connectivity index (χ4v) is 0.661. The Balaban J connectivity index is 2.97. The summed E-state index contributed by atoms with van der Waals surface area (Å²) < 4.78 is 2.01. The van der Waals surface area contributed by atoms with Crippen molar-refractivity contribution in [2.45, 2.75) is 26.3 Å². The highest BCUT2D eigenvalue weighted by atomic mass is 15.2. The molecule has 1 heterocycles. The summed E-state index contributed by atoms with van der Waals surface area (Å²) in [7, 11) is 0. The first-order valence-corrected chi connectivity index (χ1v) is 3.29. The molecular weight excluding hydrogens is 126 g/mol. The van der Waals surface area contributed by atoms with Crippen molar-refractivity contribution in [3.05, 3.63) is 18.7 Å². The van der Waals surface area contributed by atoms with Gasteiger partial charge in [-0.15, -0.1) is 0 Å². The van der Waals surface area contributed by atoms with Gasteiger partial charge in [0.15, 0.2) is 0 Å². The smallest absolute Gasteiger partial charge is 0.229 e. The van der Waals surface area contributed by atoms with Gasteiger partial charge >= 0.3 is 6.33 Å². The number of hydrogen-bond donors (Lipinski definition) is 0. The van der Waals surface area contributed by atoms with Crippen LogP contribution < -0.4 is 4.57 Å². The van der Waals surface area contributed by atoms with Crippen LogP contribution in [0.15, 0.2) is 18.7 Å². The minimum absolute atomic E-state index is 0.107. The first kappa shape index (κ1) is 7.12. The summed E-state index contributed by atoms with van der Waals surface area (Å²) in [5.41, 5.74) is 0.107. The monoisotopic (exact) mass is 138 g/mol. The molecule has 0 aliphatic carbocycles. The molecule has 10 heavy (non-hydrogen) atoms. The van der Waals surface area contributed by atoms with E-state index in [1.54, 1.807) is 12.5 Å². The Labute approximate surface area is 60.7 Å². The standard InChI is InChI=1S/C7H12N3/c1-7(2,3)10-5-4-8-9-6-10/h4-6H,1-3H3/q+1. The summed E-state index contributed by atoms with van der Waals surface area (Å²) in [5.74, 6) is 0. The van der Waals surface area contributed by atoms with Crippen LogP contribution in [0.25, 0.3) is 0 Å². The maximum absolute atomic E-state index is 3.76. The van der Waals surface area contributed by atoms with Gasteiger partial charge in [0.25, 0.3) is 0 Å². The van der Waals surface area contributed by atoms with Gasteiger partial charge in [0.1, 0.15) is 17.9 Å². The third-order valence-corrected chi connectivity index (χ3v) is 1.31. The number of nitrogens with zero attached hydrogens (tertiary/aromatic N) is 3. The van der Waals surface area contributed by atoms with Crippen LogP contribution in [0.1, 0.15) is 20.8 Å². The lowest BCUT2D eigenvalue weighted by Crippen LogP contribution is -2.49. The summed E-state index contributed by atoms with van der Waals surface area (Å²) in [6.45, 7) is 6.36. The molecule has 0 amide bonds. The van der Waals surface area contributed by atoms with E-state index < -0.39 is 0 Å². The van der Waals surface area contributed by atoms with Crippen molar-refractivity contribution in [2.24, 2.45) is 0 Å². The molecule has 0 aromatic carbocycles. The molecule has 0 N–H and O–H groups in total. The summed E-state index contributed by atoms with van der Waals surface area (Å²) in [4.78, 5) is 0. The van der Waals surface area contributed by atoms with E-state index in [4.69, 9.17) is 0 Å². The Hall–Kier alpha value is -0.990. The zero-order valence-electron chi connectivity index (χ0n) is 6.57. The van der Waals surface area contributed by atoms with E-state index in [0.29, 0.717) is 0 Å². The van der Waals surface area contributed by atoms with Gasteiger partial charge in [0, 0.05) is 0 Å². The molecule has 0 radical (unpaired) electrons. The third kappa shape index (κ3) is 1.50. The Bertz CT molecular complexity index is 200. The highest BCUT2D eigenvalue weighted by Crippen LogP contribution is 2.00.